The number of H-pyrrole nitrogens is 1. The molecule has 3 heterocycles. The second kappa shape index (κ2) is 6.07. The van der Waals surface area contributed by atoms with Crippen LogP contribution >= 0.6 is 0 Å². The first-order valence-corrected chi connectivity index (χ1v) is 7.69. The topological polar surface area (TPSA) is 101 Å². The molecule has 8 heteroatoms. The summed E-state index contributed by atoms with van der Waals surface area (Å²) in [6.07, 6.45) is 4.85. The monoisotopic (exact) mass is 321 g/mol. The number of aromatic nitrogens is 6. The molecule has 0 atom stereocenters. The number of fused-ring (bicyclic) bond motifs is 2. The van der Waals surface area contributed by atoms with Crippen molar-refractivity contribution in [2.75, 3.05) is 6.54 Å². The van der Waals surface area contributed by atoms with Crippen molar-refractivity contribution in [1.82, 2.24) is 34.9 Å². The van der Waals surface area contributed by atoms with Gasteiger partial charge in [0.15, 0.2) is 0 Å². The van der Waals surface area contributed by atoms with Gasteiger partial charge in [-0.3, -0.25) is 4.79 Å². The van der Waals surface area contributed by atoms with Gasteiger partial charge in [-0.1, -0.05) is 12.1 Å². The van der Waals surface area contributed by atoms with Crippen molar-refractivity contribution in [1.29, 1.82) is 0 Å². The summed E-state index contributed by atoms with van der Waals surface area (Å²) in [5, 5.41) is 6.91. The van der Waals surface area contributed by atoms with E-state index in [1.807, 2.05) is 24.3 Å². The summed E-state index contributed by atoms with van der Waals surface area (Å²) in [5.41, 5.74) is 1.98. The number of carbonyl (C=O) groups excluding carboxylic acids is 1. The second-order valence-electron chi connectivity index (χ2n) is 5.36. The third-order valence-corrected chi connectivity index (χ3v) is 3.63. The lowest BCUT2D eigenvalue weighted by Crippen LogP contribution is -2.26. The Hall–Kier alpha value is -3.29. The van der Waals surface area contributed by atoms with Crippen LogP contribution in [0.2, 0.25) is 0 Å². The number of hydrogen-bond donors (Lipinski definition) is 2. The molecule has 1 amide bonds. The van der Waals surface area contributed by atoms with Gasteiger partial charge >= 0.3 is 0 Å². The molecule has 120 valence electrons. The number of nitrogens with one attached hydrogen (secondary N) is 2. The number of nitrogens with zero attached hydrogens (tertiary/aromatic N) is 5. The van der Waals surface area contributed by atoms with Crippen molar-refractivity contribution in [2.24, 2.45) is 0 Å². The summed E-state index contributed by atoms with van der Waals surface area (Å²) in [6, 6.07) is 9.64. The van der Waals surface area contributed by atoms with E-state index >= 15 is 0 Å². The molecule has 0 aliphatic rings. The molecular weight excluding hydrogens is 306 g/mol. The number of hydrogen-bond acceptors (Lipinski definition) is 5. The first kappa shape index (κ1) is 14.3. The van der Waals surface area contributed by atoms with Crippen LogP contribution in [0.4, 0.5) is 0 Å². The lowest BCUT2D eigenvalue weighted by molar-refractivity contribution is 0.0943. The Balaban J connectivity index is 1.32. The van der Waals surface area contributed by atoms with Crippen LogP contribution in [-0.2, 0) is 6.42 Å². The lowest BCUT2D eigenvalue weighted by atomic mass is 10.3. The molecule has 0 bridgehead atoms. The van der Waals surface area contributed by atoms with Gasteiger partial charge in [0.05, 0.1) is 11.0 Å². The maximum absolute atomic E-state index is 12.1. The SMILES string of the molecule is O=C(NCCCc1nc2ccccc2[nH]1)c1nc2ncccn2n1. The molecule has 4 aromatic rings. The molecule has 2 N–H and O–H groups in total. The van der Waals surface area contributed by atoms with Gasteiger partial charge in [0.2, 0.25) is 5.82 Å². The fourth-order valence-electron chi connectivity index (χ4n) is 2.49. The Bertz CT molecular complexity index is 938. The first-order chi connectivity index (χ1) is 11.8. The normalized spacial score (nSPS) is 11.2. The standard InChI is InChI=1S/C16H15N7O/c24-15(14-21-16-18-9-4-10-23(16)22-14)17-8-3-7-13-19-11-5-1-2-6-12(11)20-13/h1-2,4-6,9-10H,3,7-8H2,(H,17,24)(H,19,20). The zero-order chi connectivity index (χ0) is 16.4. The number of imidazole rings is 1. The van der Waals surface area contributed by atoms with E-state index in [1.165, 1.54) is 4.52 Å². The third-order valence-electron chi connectivity index (χ3n) is 3.63. The smallest absolute Gasteiger partial charge is 0.291 e. The zero-order valence-electron chi connectivity index (χ0n) is 12.8. The third kappa shape index (κ3) is 2.81. The molecule has 0 aliphatic heterocycles. The van der Waals surface area contributed by atoms with E-state index in [1.54, 1.807) is 18.5 Å². The number of benzene rings is 1. The highest BCUT2D eigenvalue weighted by atomic mass is 16.2. The second-order valence-corrected chi connectivity index (χ2v) is 5.36. The van der Waals surface area contributed by atoms with E-state index in [9.17, 15) is 4.79 Å². The van der Waals surface area contributed by atoms with Crippen LogP contribution in [0.5, 0.6) is 0 Å². The van der Waals surface area contributed by atoms with Gasteiger partial charge in [0.25, 0.3) is 11.7 Å². The van der Waals surface area contributed by atoms with Crippen molar-refractivity contribution in [3.63, 3.8) is 0 Å². The highest BCUT2D eigenvalue weighted by Gasteiger charge is 2.12. The molecular formula is C16H15N7O. The average molecular weight is 321 g/mol. The van der Waals surface area contributed by atoms with E-state index < -0.39 is 0 Å². The van der Waals surface area contributed by atoms with Crippen molar-refractivity contribution in [2.45, 2.75) is 12.8 Å². The van der Waals surface area contributed by atoms with Crippen molar-refractivity contribution < 1.29 is 4.79 Å². The Labute approximate surface area is 137 Å². The summed E-state index contributed by atoms with van der Waals surface area (Å²) in [7, 11) is 0. The molecule has 0 aliphatic carbocycles. The molecule has 0 radical (unpaired) electrons. The van der Waals surface area contributed by atoms with E-state index in [0.29, 0.717) is 12.3 Å². The molecule has 0 saturated heterocycles. The Kier molecular flexibility index (Phi) is 3.62. The van der Waals surface area contributed by atoms with Gasteiger partial charge in [-0.15, -0.1) is 5.10 Å². The minimum Gasteiger partial charge on any atom is -0.349 e. The number of amides is 1. The van der Waals surface area contributed by atoms with Gasteiger partial charge in [-0.25, -0.2) is 14.5 Å². The summed E-state index contributed by atoms with van der Waals surface area (Å²) in [5.74, 6) is 1.15. The Morgan fingerprint density at radius 1 is 1.21 bits per heavy atom. The van der Waals surface area contributed by atoms with Crippen molar-refractivity contribution in [3.8, 4) is 0 Å². The highest BCUT2D eigenvalue weighted by Crippen LogP contribution is 2.11. The van der Waals surface area contributed by atoms with Crippen LogP contribution in [0.3, 0.4) is 0 Å². The molecule has 0 saturated carbocycles. The fraction of sp³-hybridized carbons (Fsp3) is 0.188. The maximum Gasteiger partial charge on any atom is 0.291 e. The van der Waals surface area contributed by atoms with Crippen LogP contribution in [0.15, 0.2) is 42.7 Å². The minimum absolute atomic E-state index is 0.123. The van der Waals surface area contributed by atoms with Gasteiger partial charge < -0.3 is 10.3 Å². The quantitative estimate of drug-likeness (QED) is 0.541. The number of aryl methyl sites for hydroxylation is 1. The Morgan fingerprint density at radius 2 is 2.12 bits per heavy atom. The fourth-order valence-corrected chi connectivity index (χ4v) is 2.49. The van der Waals surface area contributed by atoms with E-state index in [0.717, 1.165) is 29.7 Å². The molecule has 1 aromatic carbocycles. The zero-order valence-corrected chi connectivity index (χ0v) is 12.8. The number of para-hydroxylation sites is 2. The Morgan fingerprint density at radius 3 is 3.00 bits per heavy atom. The van der Waals surface area contributed by atoms with Gasteiger partial charge in [0.1, 0.15) is 5.82 Å². The van der Waals surface area contributed by atoms with Crippen LogP contribution in [0.1, 0.15) is 22.9 Å². The molecule has 4 rings (SSSR count). The van der Waals surface area contributed by atoms with E-state index in [2.05, 4.69) is 30.4 Å². The van der Waals surface area contributed by atoms with Crippen LogP contribution in [-0.4, -0.2) is 42.0 Å². The molecule has 24 heavy (non-hydrogen) atoms. The minimum atomic E-state index is -0.301. The van der Waals surface area contributed by atoms with E-state index in [-0.39, 0.29) is 11.7 Å². The van der Waals surface area contributed by atoms with E-state index in [4.69, 9.17) is 0 Å². The number of carbonyl (C=O) groups is 1. The summed E-state index contributed by atoms with van der Waals surface area (Å²) < 4.78 is 1.48. The summed E-state index contributed by atoms with van der Waals surface area (Å²) in [4.78, 5) is 28.0. The van der Waals surface area contributed by atoms with Crippen molar-refractivity contribution >= 4 is 22.7 Å². The maximum atomic E-state index is 12.1. The highest BCUT2D eigenvalue weighted by molar-refractivity contribution is 5.90. The van der Waals surface area contributed by atoms with Crippen LogP contribution < -0.4 is 5.32 Å². The van der Waals surface area contributed by atoms with Gasteiger partial charge in [-0.05, 0) is 24.6 Å². The van der Waals surface area contributed by atoms with Gasteiger partial charge in [-0.2, -0.15) is 4.98 Å². The molecule has 0 spiro atoms. The van der Waals surface area contributed by atoms with Gasteiger partial charge in [0, 0.05) is 25.4 Å². The summed E-state index contributed by atoms with van der Waals surface area (Å²) >= 11 is 0. The number of rotatable bonds is 5. The predicted octanol–water partition coefficient (Wildman–Crippen LogP) is 1.36. The number of aromatic amines is 1. The molecule has 0 unspecified atom stereocenters. The summed E-state index contributed by atoms with van der Waals surface area (Å²) in [6.45, 7) is 0.527. The molecule has 8 nitrogen and oxygen atoms in total. The van der Waals surface area contributed by atoms with Crippen molar-refractivity contribution in [3.05, 3.63) is 54.4 Å². The average Bonchev–Trinajstić information content (AvgIpc) is 3.21. The molecule has 3 aromatic heterocycles. The first-order valence-electron chi connectivity index (χ1n) is 7.69. The predicted molar refractivity (Wildman–Crippen MR) is 87.5 cm³/mol. The molecule has 0 fully saturated rings. The van der Waals surface area contributed by atoms with Crippen LogP contribution in [0.25, 0.3) is 16.8 Å². The van der Waals surface area contributed by atoms with Crippen LogP contribution in [0, 0.1) is 0 Å². The lowest BCUT2D eigenvalue weighted by Gasteiger charge is -2.00. The largest absolute Gasteiger partial charge is 0.349 e.